The summed E-state index contributed by atoms with van der Waals surface area (Å²) in [5.41, 5.74) is 0. The minimum atomic E-state index is 0.0422. The molecule has 0 saturated carbocycles. The van der Waals surface area contributed by atoms with E-state index in [-0.39, 0.29) is 12.1 Å². The molecule has 3 rings (SSSR count). The van der Waals surface area contributed by atoms with Gasteiger partial charge in [-0.2, -0.15) is 0 Å². The van der Waals surface area contributed by atoms with E-state index in [1.807, 2.05) is 22.6 Å². The number of thiophene rings is 1. The van der Waals surface area contributed by atoms with Crippen LogP contribution in [0.25, 0.3) is 0 Å². The Bertz CT molecular complexity index is 613. The van der Waals surface area contributed by atoms with Crippen molar-refractivity contribution in [1.82, 2.24) is 24.7 Å². The molecule has 130 valence electrons. The standard InChI is InChI=1S/C17H25N5OS/c1-15(12-21-8-5-18-14-21)19-17(23)22-7-3-6-20(9-10-22)13-16-4-2-11-24-16/h2,4-5,8,11,14-15H,3,6-7,9-10,12-13H2,1H3,(H,19,23)/t15-/m1/s1. The van der Waals surface area contributed by atoms with Crippen LogP contribution in [0.1, 0.15) is 18.2 Å². The van der Waals surface area contributed by atoms with E-state index in [0.29, 0.717) is 0 Å². The van der Waals surface area contributed by atoms with Crippen molar-refractivity contribution in [3.05, 3.63) is 41.1 Å². The lowest BCUT2D eigenvalue weighted by Gasteiger charge is -2.24. The summed E-state index contributed by atoms with van der Waals surface area (Å²) in [5, 5.41) is 5.22. The zero-order valence-corrected chi connectivity index (χ0v) is 14.9. The van der Waals surface area contributed by atoms with E-state index in [1.54, 1.807) is 23.9 Å². The maximum atomic E-state index is 12.5. The van der Waals surface area contributed by atoms with Gasteiger partial charge >= 0.3 is 6.03 Å². The maximum absolute atomic E-state index is 12.5. The number of hydrogen-bond acceptors (Lipinski definition) is 4. The average molecular weight is 347 g/mol. The van der Waals surface area contributed by atoms with E-state index in [1.165, 1.54) is 4.88 Å². The topological polar surface area (TPSA) is 53.4 Å². The summed E-state index contributed by atoms with van der Waals surface area (Å²) in [5.74, 6) is 0. The molecule has 0 spiro atoms. The SMILES string of the molecule is C[C@H](Cn1ccnc1)NC(=O)N1CCCN(Cc2cccs2)CC1. The second kappa shape index (κ2) is 8.30. The minimum absolute atomic E-state index is 0.0422. The Labute approximate surface area is 147 Å². The molecular formula is C17H25N5OS. The Morgan fingerprint density at radius 1 is 1.38 bits per heavy atom. The quantitative estimate of drug-likeness (QED) is 0.903. The average Bonchev–Trinajstić information content (AvgIpc) is 3.19. The first kappa shape index (κ1) is 17.0. The van der Waals surface area contributed by atoms with Crippen molar-refractivity contribution in [2.75, 3.05) is 26.2 Å². The van der Waals surface area contributed by atoms with Crippen molar-refractivity contribution >= 4 is 17.4 Å². The first-order valence-electron chi connectivity index (χ1n) is 8.46. The van der Waals surface area contributed by atoms with Crippen LogP contribution in [0, 0.1) is 0 Å². The summed E-state index contributed by atoms with van der Waals surface area (Å²) in [4.78, 5) is 22.3. The molecule has 0 bridgehead atoms. The number of carbonyl (C=O) groups excluding carboxylic acids is 1. The van der Waals surface area contributed by atoms with Crippen LogP contribution in [-0.2, 0) is 13.1 Å². The predicted octanol–water partition coefficient (Wildman–Crippen LogP) is 2.25. The van der Waals surface area contributed by atoms with Gasteiger partial charge in [0.1, 0.15) is 0 Å². The van der Waals surface area contributed by atoms with E-state index in [0.717, 1.165) is 45.7 Å². The summed E-state index contributed by atoms with van der Waals surface area (Å²) in [6.07, 6.45) is 6.47. The minimum Gasteiger partial charge on any atom is -0.335 e. The molecule has 0 radical (unpaired) electrons. The van der Waals surface area contributed by atoms with Crippen molar-refractivity contribution in [3.8, 4) is 0 Å². The van der Waals surface area contributed by atoms with Crippen LogP contribution in [-0.4, -0.2) is 57.6 Å². The van der Waals surface area contributed by atoms with Crippen molar-refractivity contribution in [2.45, 2.75) is 32.5 Å². The number of imidazole rings is 1. The van der Waals surface area contributed by atoms with E-state index in [4.69, 9.17) is 0 Å². The molecule has 0 unspecified atom stereocenters. The monoisotopic (exact) mass is 347 g/mol. The summed E-state index contributed by atoms with van der Waals surface area (Å²) in [6.45, 7) is 7.35. The first-order chi connectivity index (χ1) is 11.7. The van der Waals surface area contributed by atoms with Crippen LogP contribution in [0.5, 0.6) is 0 Å². The van der Waals surface area contributed by atoms with Gasteiger partial charge in [-0.15, -0.1) is 11.3 Å². The van der Waals surface area contributed by atoms with Gasteiger partial charge < -0.3 is 14.8 Å². The van der Waals surface area contributed by atoms with Gasteiger partial charge in [-0.25, -0.2) is 9.78 Å². The molecule has 7 heteroatoms. The summed E-state index contributed by atoms with van der Waals surface area (Å²) >= 11 is 1.80. The zero-order valence-electron chi connectivity index (χ0n) is 14.1. The Balaban J connectivity index is 1.45. The highest BCUT2D eigenvalue weighted by atomic mass is 32.1. The fourth-order valence-electron chi connectivity index (χ4n) is 3.01. The molecule has 0 aromatic carbocycles. The van der Waals surface area contributed by atoms with E-state index in [9.17, 15) is 4.79 Å². The van der Waals surface area contributed by atoms with E-state index in [2.05, 4.69) is 32.7 Å². The van der Waals surface area contributed by atoms with Crippen LogP contribution in [0.4, 0.5) is 4.79 Å². The lowest BCUT2D eigenvalue weighted by Crippen LogP contribution is -2.46. The number of urea groups is 1. The number of carbonyl (C=O) groups is 1. The molecule has 2 aromatic heterocycles. The predicted molar refractivity (Wildman–Crippen MR) is 96.0 cm³/mol. The van der Waals surface area contributed by atoms with Gasteiger partial charge in [0.25, 0.3) is 0 Å². The Kier molecular flexibility index (Phi) is 5.87. The van der Waals surface area contributed by atoms with Gasteiger partial charge in [0.2, 0.25) is 0 Å². The molecule has 1 N–H and O–H groups in total. The number of hydrogen-bond donors (Lipinski definition) is 1. The summed E-state index contributed by atoms with van der Waals surface area (Å²) in [7, 11) is 0. The highest BCUT2D eigenvalue weighted by Crippen LogP contribution is 2.13. The molecule has 3 heterocycles. The Hall–Kier alpha value is -1.86. The molecule has 2 amide bonds. The maximum Gasteiger partial charge on any atom is 0.317 e. The number of amides is 2. The molecule has 1 saturated heterocycles. The van der Waals surface area contributed by atoms with Crippen molar-refractivity contribution in [3.63, 3.8) is 0 Å². The van der Waals surface area contributed by atoms with Gasteiger partial charge in [-0.05, 0) is 24.8 Å². The number of rotatable bonds is 5. The first-order valence-corrected chi connectivity index (χ1v) is 9.34. The van der Waals surface area contributed by atoms with Crippen LogP contribution in [0.3, 0.4) is 0 Å². The smallest absolute Gasteiger partial charge is 0.317 e. The van der Waals surface area contributed by atoms with Crippen molar-refractivity contribution < 1.29 is 4.79 Å². The Morgan fingerprint density at radius 2 is 2.29 bits per heavy atom. The van der Waals surface area contributed by atoms with Crippen molar-refractivity contribution in [1.29, 1.82) is 0 Å². The molecule has 24 heavy (non-hydrogen) atoms. The summed E-state index contributed by atoms with van der Waals surface area (Å²) in [6, 6.07) is 4.40. The highest BCUT2D eigenvalue weighted by Gasteiger charge is 2.20. The largest absolute Gasteiger partial charge is 0.335 e. The van der Waals surface area contributed by atoms with Gasteiger partial charge in [0.05, 0.1) is 6.33 Å². The molecule has 1 atom stereocenters. The normalized spacial score (nSPS) is 17.5. The van der Waals surface area contributed by atoms with Gasteiger partial charge in [-0.3, -0.25) is 4.90 Å². The van der Waals surface area contributed by atoms with Crippen LogP contribution < -0.4 is 5.32 Å². The highest BCUT2D eigenvalue weighted by molar-refractivity contribution is 7.09. The van der Waals surface area contributed by atoms with E-state index >= 15 is 0 Å². The third-order valence-corrected chi connectivity index (χ3v) is 5.11. The molecule has 1 fully saturated rings. The van der Waals surface area contributed by atoms with Gasteiger partial charge in [-0.1, -0.05) is 6.07 Å². The number of nitrogens with one attached hydrogen (secondary N) is 1. The third-order valence-electron chi connectivity index (χ3n) is 4.25. The molecular weight excluding hydrogens is 322 g/mol. The lowest BCUT2D eigenvalue weighted by molar-refractivity contribution is 0.193. The Morgan fingerprint density at radius 3 is 3.04 bits per heavy atom. The fraction of sp³-hybridized carbons (Fsp3) is 0.529. The molecule has 1 aliphatic heterocycles. The molecule has 6 nitrogen and oxygen atoms in total. The van der Waals surface area contributed by atoms with Crippen LogP contribution in [0.15, 0.2) is 36.2 Å². The zero-order chi connectivity index (χ0) is 16.8. The second-order valence-electron chi connectivity index (χ2n) is 6.31. The third kappa shape index (κ3) is 4.82. The van der Waals surface area contributed by atoms with Gasteiger partial charge in [0, 0.05) is 62.6 Å². The van der Waals surface area contributed by atoms with Gasteiger partial charge in [0.15, 0.2) is 0 Å². The summed E-state index contributed by atoms with van der Waals surface area (Å²) < 4.78 is 1.98. The van der Waals surface area contributed by atoms with E-state index < -0.39 is 0 Å². The number of nitrogens with zero attached hydrogens (tertiary/aromatic N) is 4. The lowest BCUT2D eigenvalue weighted by atomic mass is 10.3. The second-order valence-corrected chi connectivity index (χ2v) is 7.34. The van der Waals surface area contributed by atoms with Crippen molar-refractivity contribution in [2.24, 2.45) is 0 Å². The number of aromatic nitrogens is 2. The van der Waals surface area contributed by atoms with Crippen LogP contribution in [0.2, 0.25) is 0 Å². The fourth-order valence-corrected chi connectivity index (χ4v) is 3.76. The molecule has 2 aromatic rings. The molecule has 1 aliphatic rings. The van der Waals surface area contributed by atoms with Crippen LogP contribution >= 0.6 is 11.3 Å². The molecule has 0 aliphatic carbocycles.